The number of fused-ring (bicyclic) bond motifs is 1. The minimum Gasteiger partial charge on any atom is -0.370 e. The largest absolute Gasteiger partial charge is 0.370 e. The van der Waals surface area contributed by atoms with Crippen molar-refractivity contribution in [1.29, 1.82) is 5.41 Å². The zero-order valence-electron chi connectivity index (χ0n) is 23.2. The van der Waals surface area contributed by atoms with Crippen LogP contribution in [0.4, 0.5) is 0 Å². The molecule has 0 bridgehead atoms. The van der Waals surface area contributed by atoms with Crippen LogP contribution in [0.2, 0.25) is 0 Å². The predicted molar refractivity (Wildman–Crippen MR) is 166 cm³/mol. The van der Waals surface area contributed by atoms with Crippen LogP contribution >= 0.6 is 23.3 Å². The highest BCUT2D eigenvalue weighted by Gasteiger charge is 2.30. The van der Waals surface area contributed by atoms with Gasteiger partial charge in [-0.2, -0.15) is 0 Å². The van der Waals surface area contributed by atoms with E-state index in [9.17, 15) is 19.2 Å². The summed E-state index contributed by atoms with van der Waals surface area (Å²) in [6.07, 6.45) is 2.76. The summed E-state index contributed by atoms with van der Waals surface area (Å²) in [5.74, 6) is -2.08. The molecule has 0 saturated carbocycles. The number of nitrogens with two attached hydrogens (primary N) is 2. The van der Waals surface area contributed by atoms with Crippen molar-refractivity contribution >= 4 is 63.0 Å². The molecule has 2 aromatic carbocycles. The molecule has 0 aliphatic rings. The summed E-state index contributed by atoms with van der Waals surface area (Å²) in [5.41, 5.74) is 12.2. The van der Waals surface area contributed by atoms with E-state index in [-0.39, 0.29) is 42.4 Å². The normalized spacial score (nSPS) is 13.1. The van der Waals surface area contributed by atoms with Gasteiger partial charge < -0.3 is 27.4 Å². The van der Waals surface area contributed by atoms with Crippen molar-refractivity contribution in [3.05, 3.63) is 65.2 Å². The molecule has 3 unspecified atom stereocenters. The molecule has 224 valence electrons. The van der Waals surface area contributed by atoms with Gasteiger partial charge in [-0.3, -0.25) is 29.3 Å². The molecule has 0 aliphatic carbocycles. The second-order valence-electron chi connectivity index (χ2n) is 9.53. The van der Waals surface area contributed by atoms with Crippen molar-refractivity contribution in [2.45, 2.75) is 50.2 Å². The molecule has 42 heavy (non-hydrogen) atoms. The quantitative estimate of drug-likeness (QED) is 0.0387. The average Bonchev–Trinajstić information content (AvgIpc) is 3.40. The summed E-state index contributed by atoms with van der Waals surface area (Å²) in [4.78, 5) is 56.4. The smallest absolute Gasteiger partial charge is 0.243 e. The van der Waals surface area contributed by atoms with Crippen molar-refractivity contribution in [2.24, 2.45) is 11.5 Å². The van der Waals surface area contributed by atoms with Crippen LogP contribution < -0.4 is 32.1 Å². The van der Waals surface area contributed by atoms with Gasteiger partial charge >= 0.3 is 0 Å². The Balaban J connectivity index is 1.83. The zero-order chi connectivity index (χ0) is 30.5. The molecule has 9 N–H and O–H groups in total. The van der Waals surface area contributed by atoms with Crippen molar-refractivity contribution < 1.29 is 19.2 Å². The van der Waals surface area contributed by atoms with Gasteiger partial charge in [-0.25, -0.2) is 4.98 Å². The molecule has 0 fully saturated rings. The van der Waals surface area contributed by atoms with E-state index in [0.717, 1.165) is 10.3 Å². The second kappa shape index (κ2) is 16.4. The summed E-state index contributed by atoms with van der Waals surface area (Å²) in [5, 5.41) is 16.0. The van der Waals surface area contributed by atoms with E-state index in [1.54, 1.807) is 6.26 Å². The number of Topliss-reactive ketones (excluding diaryl/α,β-unsaturated/α-hetero) is 1. The second-order valence-corrected chi connectivity index (χ2v) is 11.2. The van der Waals surface area contributed by atoms with Crippen LogP contribution in [0.1, 0.15) is 41.0 Å². The van der Waals surface area contributed by atoms with Crippen LogP contribution in [0.25, 0.3) is 10.2 Å². The van der Waals surface area contributed by atoms with E-state index in [1.165, 1.54) is 23.3 Å². The molecule has 3 rings (SSSR count). The SMILES string of the molecule is CSNC(CCC(N)=O)C(=O)NC(Cc1ccccc1)C(=O)NC(CCCNC(=N)N)C(=O)c1nc2ccccc2s1. The molecular formula is C28H36N8O4S2. The number of hydrogen-bond acceptors (Lipinski definition) is 9. The van der Waals surface area contributed by atoms with Crippen LogP contribution in [0.5, 0.6) is 0 Å². The van der Waals surface area contributed by atoms with Crippen LogP contribution in [-0.2, 0) is 20.8 Å². The number of nitrogens with zero attached hydrogens (tertiary/aromatic N) is 1. The Bertz CT molecular complexity index is 1350. The first-order chi connectivity index (χ1) is 20.2. The highest BCUT2D eigenvalue weighted by molar-refractivity contribution is 7.96. The molecule has 0 saturated heterocycles. The topological polar surface area (TPSA) is 205 Å². The van der Waals surface area contributed by atoms with Gasteiger partial charge in [0.1, 0.15) is 6.04 Å². The molecule has 3 aromatic rings. The molecule has 3 atom stereocenters. The molecule has 14 heteroatoms. The Labute approximate surface area is 252 Å². The molecule has 12 nitrogen and oxygen atoms in total. The zero-order valence-corrected chi connectivity index (χ0v) is 24.9. The van der Waals surface area contributed by atoms with E-state index < -0.39 is 35.8 Å². The van der Waals surface area contributed by atoms with E-state index in [2.05, 4.69) is 25.7 Å². The Hall–Kier alpha value is -4.01. The van der Waals surface area contributed by atoms with Crippen LogP contribution in [0.3, 0.4) is 0 Å². The Kier molecular flexibility index (Phi) is 12.7. The number of nitrogens with one attached hydrogen (secondary N) is 5. The maximum absolute atomic E-state index is 13.7. The fourth-order valence-electron chi connectivity index (χ4n) is 4.20. The third-order valence-corrected chi connectivity index (χ3v) is 7.87. The van der Waals surface area contributed by atoms with Crippen molar-refractivity contribution in [3.8, 4) is 0 Å². The molecule has 0 spiro atoms. The first-order valence-corrected chi connectivity index (χ1v) is 15.4. The van der Waals surface area contributed by atoms with Crippen LogP contribution in [0.15, 0.2) is 54.6 Å². The number of carbonyl (C=O) groups is 4. The number of carbonyl (C=O) groups excluding carboxylic acids is 4. The fourth-order valence-corrected chi connectivity index (χ4v) is 5.67. The third kappa shape index (κ3) is 10.1. The van der Waals surface area contributed by atoms with Gasteiger partial charge in [-0.15, -0.1) is 11.3 Å². The molecule has 0 aliphatic heterocycles. The van der Waals surface area contributed by atoms with E-state index in [4.69, 9.17) is 16.9 Å². The number of ketones is 1. The fraction of sp³-hybridized carbons (Fsp3) is 0.357. The van der Waals surface area contributed by atoms with Gasteiger partial charge in [0.15, 0.2) is 11.0 Å². The minimum absolute atomic E-state index is 0.00572. The summed E-state index contributed by atoms with van der Waals surface area (Å²) in [6.45, 7) is 0.334. The Morgan fingerprint density at radius 2 is 1.60 bits per heavy atom. The number of aromatic nitrogens is 1. The lowest BCUT2D eigenvalue weighted by Gasteiger charge is -2.25. The Morgan fingerprint density at radius 1 is 0.929 bits per heavy atom. The Morgan fingerprint density at radius 3 is 2.26 bits per heavy atom. The van der Waals surface area contributed by atoms with Gasteiger partial charge in [0.25, 0.3) is 0 Å². The third-order valence-electron chi connectivity index (χ3n) is 6.29. The average molecular weight is 613 g/mol. The first kappa shape index (κ1) is 32.5. The van der Waals surface area contributed by atoms with Crippen molar-refractivity contribution in [2.75, 3.05) is 12.8 Å². The van der Waals surface area contributed by atoms with Gasteiger partial charge in [0.05, 0.1) is 22.3 Å². The summed E-state index contributed by atoms with van der Waals surface area (Å²) in [6, 6.07) is 13.9. The number of para-hydroxylation sites is 1. The predicted octanol–water partition coefficient (Wildman–Crippen LogP) is 1.46. The monoisotopic (exact) mass is 612 g/mol. The summed E-state index contributed by atoms with van der Waals surface area (Å²) < 4.78 is 3.80. The number of amides is 3. The highest BCUT2D eigenvalue weighted by atomic mass is 32.2. The van der Waals surface area contributed by atoms with Gasteiger partial charge in [-0.05, 0) is 43.2 Å². The van der Waals surface area contributed by atoms with Crippen LogP contribution in [-0.4, -0.2) is 65.4 Å². The lowest BCUT2D eigenvalue weighted by Crippen LogP contribution is -2.55. The van der Waals surface area contributed by atoms with Crippen molar-refractivity contribution in [1.82, 2.24) is 25.7 Å². The maximum atomic E-state index is 13.7. The number of benzene rings is 2. The summed E-state index contributed by atoms with van der Waals surface area (Å²) in [7, 11) is 0. The van der Waals surface area contributed by atoms with E-state index >= 15 is 0 Å². The first-order valence-electron chi connectivity index (χ1n) is 13.4. The van der Waals surface area contributed by atoms with Gasteiger partial charge in [-0.1, -0.05) is 54.4 Å². The molecule has 3 amide bonds. The number of hydrogen-bond donors (Lipinski definition) is 7. The molecule has 0 radical (unpaired) electrons. The number of thiazole rings is 1. The highest BCUT2D eigenvalue weighted by Crippen LogP contribution is 2.23. The van der Waals surface area contributed by atoms with Crippen molar-refractivity contribution in [3.63, 3.8) is 0 Å². The van der Waals surface area contributed by atoms with Crippen LogP contribution in [0, 0.1) is 5.41 Å². The van der Waals surface area contributed by atoms with E-state index in [0.29, 0.717) is 18.5 Å². The number of primary amides is 1. The molecule has 1 heterocycles. The van der Waals surface area contributed by atoms with Gasteiger partial charge in [0.2, 0.25) is 23.5 Å². The minimum atomic E-state index is -1.01. The molecular weight excluding hydrogens is 576 g/mol. The van der Waals surface area contributed by atoms with E-state index in [1.807, 2.05) is 54.6 Å². The lowest BCUT2D eigenvalue weighted by molar-refractivity contribution is -0.130. The van der Waals surface area contributed by atoms with Gasteiger partial charge in [0, 0.05) is 19.4 Å². The summed E-state index contributed by atoms with van der Waals surface area (Å²) >= 11 is 2.46. The lowest BCUT2D eigenvalue weighted by atomic mass is 10.0. The number of guanidine groups is 1. The number of rotatable bonds is 17. The maximum Gasteiger partial charge on any atom is 0.243 e. The standard InChI is InChI=1S/C28H36N8O4S2/c1-41-36-20(13-14-23(29)37)25(39)34-21(16-17-8-3-2-4-9-17)26(40)33-19(11-7-15-32-28(30)31)24(38)27-35-18-10-5-6-12-22(18)42-27/h2-6,8-10,12,19-21,36H,7,11,13-16H2,1H3,(H2,29,37)(H,33,40)(H,34,39)(H4,30,31,32). The molecule has 1 aromatic heterocycles.